The van der Waals surface area contributed by atoms with E-state index in [1.54, 1.807) is 87.2 Å². The van der Waals surface area contributed by atoms with E-state index in [-0.39, 0.29) is 40.9 Å². The Labute approximate surface area is 659 Å². The van der Waals surface area contributed by atoms with Gasteiger partial charge in [-0.15, -0.1) is 0 Å². The van der Waals surface area contributed by atoms with Crippen molar-refractivity contribution in [3.8, 4) is 45.9 Å². The molecule has 0 spiro atoms. The van der Waals surface area contributed by atoms with Crippen molar-refractivity contribution in [2.24, 2.45) is 0 Å². The van der Waals surface area contributed by atoms with Crippen LogP contribution in [0, 0.1) is 0 Å². The Balaban J connectivity index is 0.000000150. The van der Waals surface area contributed by atoms with E-state index in [2.05, 4.69) is 52.2 Å². The molecule has 0 aliphatic carbocycles. The second kappa shape index (κ2) is 35.2. The number of rotatable bonds is 22. The molecule has 0 radical (unpaired) electrons. The minimum absolute atomic E-state index is 0.0539. The second-order valence-corrected chi connectivity index (χ2v) is 29.8. The number of fused-ring (bicyclic) bond motifs is 9. The molecule has 15 rings (SSSR count). The number of nitrogens with one attached hydrogen (secondary N) is 7. The average Bonchev–Trinajstić information content (AvgIpc) is 1.61. The first-order valence-electron chi connectivity index (χ1n) is 36.2. The van der Waals surface area contributed by atoms with Crippen molar-refractivity contribution >= 4 is 139 Å². The Kier molecular flexibility index (Phi) is 24.4. The van der Waals surface area contributed by atoms with E-state index in [0.29, 0.717) is 117 Å². The number of phenols is 1. The van der Waals surface area contributed by atoms with E-state index in [1.807, 2.05) is 125 Å². The van der Waals surface area contributed by atoms with E-state index >= 15 is 0 Å². The molecular weight excluding hydrogens is 1510 g/mol. The van der Waals surface area contributed by atoms with Gasteiger partial charge in [0.25, 0.3) is 0 Å². The summed E-state index contributed by atoms with van der Waals surface area (Å²) in [4.78, 5) is 89.6. The maximum absolute atomic E-state index is 13.3. The van der Waals surface area contributed by atoms with E-state index in [9.17, 15) is 33.9 Å². The van der Waals surface area contributed by atoms with E-state index in [4.69, 9.17) is 45.1 Å². The number of thiazole rings is 3. The van der Waals surface area contributed by atoms with E-state index < -0.39 is 23.9 Å². The molecule has 578 valence electrons. The lowest BCUT2D eigenvalue weighted by atomic mass is 9.92. The quantitative estimate of drug-likeness (QED) is 0.0231. The fraction of sp³-hybridized carbons (Fsp3) is 0.250. The number of hydrogen-bond donors (Lipinski definition) is 8. The van der Waals surface area contributed by atoms with Gasteiger partial charge in [0.1, 0.15) is 40.3 Å². The number of para-hydroxylation sites is 4. The molecule has 8 N–H and O–H groups in total. The zero-order valence-electron chi connectivity index (χ0n) is 62.0. The minimum Gasteiger partial charge on any atom is -0.506 e. The standard InChI is InChI=1S/C32H29ClN6O5S.C25H27N5O4S.C23H24N4O4S/c1-5-43-29(41)23-17-34-31-38(23)22-12-11-19(15-26(22)45-31)44-25-9-7-6-8-21(25)35-30(42)36-28-16-27(32(2,3)4)37-39(28)18-10-13-24(40)20(33)14-18;1-2-33-23(31)20-15-28-25-30(20)19-8-7-18(13-22(19)35-25)34-21-6-4-3-5-16(21)14-27-24(32)29-17-9-11-26-12-10-17;1-3-11-24-22(29)25-13-15-7-5-6-8-19(15)31-16-9-10-17-20(12-16)32-23-26-14-18(27(17)23)21(28)30-4-2/h6-17,40H,5H2,1-4H3,(H2,35,36,42);3-8,13,15,17,26H,2,9-12,14H2,1H3,(H2,27,29,32);5-10,12,14H,3-4,11,13H2,1-2H3,(H2,24,25,29). The van der Waals surface area contributed by atoms with Crippen molar-refractivity contribution < 1.29 is 62.3 Å². The first-order valence-corrected chi connectivity index (χ1v) is 39.0. The lowest BCUT2D eigenvalue weighted by Gasteiger charge is -2.23. The Hall–Kier alpha value is -12.3. The monoisotopic (exact) mass is 1590 g/mol. The van der Waals surface area contributed by atoms with Crippen LogP contribution in [0.25, 0.3) is 51.2 Å². The summed E-state index contributed by atoms with van der Waals surface area (Å²) in [7, 11) is 0. The molecule has 112 heavy (non-hydrogen) atoms. The van der Waals surface area contributed by atoms with Gasteiger partial charge in [-0.3, -0.25) is 18.5 Å². The van der Waals surface area contributed by atoms with Gasteiger partial charge in [-0.25, -0.2) is 48.4 Å². The summed E-state index contributed by atoms with van der Waals surface area (Å²) >= 11 is 10.5. The van der Waals surface area contributed by atoms with Gasteiger partial charge < -0.3 is 65.4 Å². The molecule has 1 saturated heterocycles. The zero-order valence-corrected chi connectivity index (χ0v) is 65.3. The first kappa shape index (κ1) is 77.9. The summed E-state index contributed by atoms with van der Waals surface area (Å²) in [5, 5.41) is 35.4. The SMILES string of the molecule is CCCNC(=O)NCc1ccccc1Oc1ccc2c(c1)sc1ncc(C(=O)OCC)n12.CCOC(=O)c1cnc2sc3cc(Oc4ccccc4CNC(=O)NC4CCNCC4)ccc3n12.CCOC(=O)c1cnc2sc3cc(Oc4ccccc4NC(=O)Nc4cc(C(C)(C)C)nn4-c4ccc(O)c(Cl)c4)ccc3n12. The van der Waals surface area contributed by atoms with Crippen LogP contribution in [0.15, 0.2) is 170 Å². The van der Waals surface area contributed by atoms with Crippen LogP contribution in [-0.4, -0.2) is 125 Å². The number of aromatic nitrogens is 8. The number of hydrogen-bond acceptors (Lipinski definition) is 21. The fourth-order valence-corrected chi connectivity index (χ4v) is 15.3. The van der Waals surface area contributed by atoms with Gasteiger partial charge in [-0.05, 0) is 132 Å². The molecule has 28 nitrogen and oxygen atoms in total. The molecule has 0 atom stereocenters. The van der Waals surface area contributed by atoms with Crippen molar-refractivity contribution in [3.63, 3.8) is 0 Å². The van der Waals surface area contributed by atoms with Crippen molar-refractivity contribution in [1.29, 1.82) is 0 Å². The molecule has 7 aromatic carbocycles. The number of nitrogens with zero attached hydrogens (tertiary/aromatic N) is 8. The normalized spacial score (nSPS) is 12.2. The third-order valence-corrected chi connectivity index (χ3v) is 20.9. The van der Waals surface area contributed by atoms with Gasteiger partial charge in [0.05, 0.1) is 91.2 Å². The molecule has 0 bridgehead atoms. The van der Waals surface area contributed by atoms with E-state index in [1.165, 1.54) is 58.7 Å². The summed E-state index contributed by atoms with van der Waals surface area (Å²) in [6.07, 6.45) is 7.34. The van der Waals surface area contributed by atoms with Gasteiger partial charge in [0, 0.05) is 66.5 Å². The molecule has 6 amide bonds. The number of amides is 6. The largest absolute Gasteiger partial charge is 0.506 e. The molecule has 14 aromatic rings. The number of carbonyl (C=O) groups excluding carboxylic acids is 6. The van der Waals surface area contributed by atoms with Crippen LogP contribution in [0.1, 0.15) is 116 Å². The Morgan fingerprint density at radius 1 is 0.536 bits per heavy atom. The number of imidazole rings is 3. The van der Waals surface area contributed by atoms with Gasteiger partial charge in [-0.1, -0.05) is 122 Å². The van der Waals surface area contributed by atoms with Crippen molar-refractivity contribution in [2.45, 2.75) is 92.3 Å². The molecule has 0 saturated carbocycles. The number of esters is 3. The molecule has 7 aromatic heterocycles. The summed E-state index contributed by atoms with van der Waals surface area (Å²) in [6, 6.07) is 44.9. The van der Waals surface area contributed by atoms with Crippen molar-refractivity contribution in [2.75, 3.05) is 50.1 Å². The average molecular weight is 1590 g/mol. The summed E-state index contributed by atoms with van der Waals surface area (Å²) in [5.74, 6) is 2.73. The van der Waals surface area contributed by atoms with Crippen molar-refractivity contribution in [1.82, 2.24) is 64.5 Å². The molecule has 0 unspecified atom stereocenters. The number of ether oxygens (including phenoxy) is 6. The fourth-order valence-electron chi connectivity index (χ4n) is 12.1. The predicted molar refractivity (Wildman–Crippen MR) is 433 cm³/mol. The third kappa shape index (κ3) is 18.1. The van der Waals surface area contributed by atoms with Crippen LogP contribution in [-0.2, 0) is 32.7 Å². The highest BCUT2D eigenvalue weighted by Gasteiger charge is 2.26. The second-order valence-electron chi connectivity index (χ2n) is 26.4. The number of phenolic OH excluding ortho intramolecular Hbond substituents is 1. The molecule has 1 fully saturated rings. The molecule has 1 aliphatic rings. The van der Waals surface area contributed by atoms with Crippen LogP contribution in [0.3, 0.4) is 0 Å². The van der Waals surface area contributed by atoms with Gasteiger partial charge >= 0.3 is 36.0 Å². The summed E-state index contributed by atoms with van der Waals surface area (Å²) in [5.41, 5.74) is 6.88. The number of urea groups is 3. The number of anilines is 2. The van der Waals surface area contributed by atoms with Crippen LogP contribution in [0.2, 0.25) is 5.02 Å². The van der Waals surface area contributed by atoms with Crippen LogP contribution in [0.4, 0.5) is 25.9 Å². The first-order chi connectivity index (χ1) is 54.2. The topological polar surface area (TPSA) is 332 Å². The number of carbonyl (C=O) groups is 6. The Morgan fingerprint density at radius 2 is 0.991 bits per heavy atom. The molecule has 1 aliphatic heterocycles. The highest BCUT2D eigenvalue weighted by atomic mass is 35.5. The van der Waals surface area contributed by atoms with Crippen LogP contribution >= 0.6 is 45.6 Å². The number of aromatic hydroxyl groups is 1. The highest BCUT2D eigenvalue weighted by molar-refractivity contribution is 7.24. The lowest BCUT2D eigenvalue weighted by molar-refractivity contribution is 0.0509. The number of halogens is 1. The third-order valence-electron chi connectivity index (χ3n) is 17.5. The highest BCUT2D eigenvalue weighted by Crippen LogP contribution is 2.39. The molecule has 8 heterocycles. The van der Waals surface area contributed by atoms with E-state index in [0.717, 1.165) is 79.8 Å². The smallest absolute Gasteiger partial charge is 0.357 e. The molecule has 32 heteroatoms. The van der Waals surface area contributed by atoms with Gasteiger partial charge in [0.2, 0.25) is 0 Å². The number of benzene rings is 7. The lowest BCUT2D eigenvalue weighted by Crippen LogP contribution is -2.46. The summed E-state index contributed by atoms with van der Waals surface area (Å²) in [6.45, 7) is 17.4. The molecular formula is C80H80ClN15O13S3. The van der Waals surface area contributed by atoms with Crippen molar-refractivity contribution in [3.05, 3.63) is 209 Å². The number of piperidine rings is 1. The maximum atomic E-state index is 13.3. The maximum Gasteiger partial charge on any atom is 0.357 e. The Morgan fingerprint density at radius 3 is 1.46 bits per heavy atom. The minimum atomic E-state index is -0.515. The predicted octanol–water partition coefficient (Wildman–Crippen LogP) is 16.8. The van der Waals surface area contributed by atoms with Gasteiger partial charge in [0.15, 0.2) is 37.7 Å². The Bertz CT molecular complexity index is 5790. The zero-order chi connectivity index (χ0) is 78.6. The van der Waals surface area contributed by atoms with Crippen LogP contribution in [0.5, 0.6) is 40.2 Å². The summed E-state index contributed by atoms with van der Waals surface area (Å²) < 4.78 is 43.7. The van der Waals surface area contributed by atoms with Gasteiger partial charge in [-0.2, -0.15) is 5.10 Å². The van der Waals surface area contributed by atoms with Crippen LogP contribution < -0.4 is 51.4 Å².